The Morgan fingerprint density at radius 2 is 2.11 bits per heavy atom. The number of hydrogen-bond acceptors (Lipinski definition) is 4. The Morgan fingerprint density at radius 1 is 1.37 bits per heavy atom. The summed E-state index contributed by atoms with van der Waals surface area (Å²) in [6.07, 6.45) is 7.17. The van der Waals surface area contributed by atoms with Gasteiger partial charge in [0, 0.05) is 16.9 Å². The van der Waals surface area contributed by atoms with Gasteiger partial charge in [-0.1, -0.05) is 41.4 Å². The highest BCUT2D eigenvalue weighted by Crippen LogP contribution is 2.49. The van der Waals surface area contributed by atoms with E-state index in [9.17, 15) is 4.79 Å². The summed E-state index contributed by atoms with van der Waals surface area (Å²) >= 11 is 0. The minimum atomic E-state index is -0.296. The molecule has 0 radical (unpaired) electrons. The summed E-state index contributed by atoms with van der Waals surface area (Å²) < 4.78 is 5.97. The average molecular weight is 305 g/mol. The molecule has 2 nitrogen and oxygen atoms in total. The summed E-state index contributed by atoms with van der Waals surface area (Å²) in [6, 6.07) is 0. The van der Waals surface area contributed by atoms with Crippen molar-refractivity contribution in [1.82, 2.24) is 0 Å². The van der Waals surface area contributed by atoms with Gasteiger partial charge >= 0.3 is 5.97 Å². The second-order valence-corrected chi connectivity index (χ2v) is 9.30. The Kier molecular flexibility index (Phi) is 7.09. The Morgan fingerprint density at radius 3 is 2.68 bits per heavy atom. The summed E-state index contributed by atoms with van der Waals surface area (Å²) in [5.74, 6) is 1.24. The fourth-order valence-electron chi connectivity index (χ4n) is 2.43. The lowest BCUT2D eigenvalue weighted by atomic mass is 9.99. The number of unbranched alkanes of at least 4 members (excludes halogenated alkanes) is 1. The lowest BCUT2D eigenvalue weighted by molar-refractivity contribution is -0.157. The molecule has 0 saturated carbocycles. The SMILES string of the molecule is CCCC(C)(C)OC(=O)CCCC[C@]1(C)CCSS1. The Labute approximate surface area is 126 Å². The zero-order valence-electron chi connectivity index (χ0n) is 12.8. The molecular formula is C15H28O2S2. The van der Waals surface area contributed by atoms with Crippen LogP contribution in [0.2, 0.25) is 0 Å². The van der Waals surface area contributed by atoms with Gasteiger partial charge in [0.25, 0.3) is 0 Å². The van der Waals surface area contributed by atoms with Gasteiger partial charge in [-0.2, -0.15) is 0 Å². The fourth-order valence-corrected chi connectivity index (χ4v) is 5.73. The van der Waals surface area contributed by atoms with Crippen LogP contribution in [0.5, 0.6) is 0 Å². The maximum absolute atomic E-state index is 11.8. The van der Waals surface area contributed by atoms with E-state index in [1.165, 1.54) is 18.6 Å². The van der Waals surface area contributed by atoms with Crippen molar-refractivity contribution in [2.45, 2.75) is 83.0 Å². The van der Waals surface area contributed by atoms with Crippen molar-refractivity contribution < 1.29 is 9.53 Å². The molecule has 0 aromatic rings. The molecule has 112 valence electrons. The van der Waals surface area contributed by atoms with E-state index in [-0.39, 0.29) is 11.6 Å². The first kappa shape index (κ1) is 17.2. The third kappa shape index (κ3) is 6.94. The van der Waals surface area contributed by atoms with E-state index in [0.717, 1.165) is 25.7 Å². The van der Waals surface area contributed by atoms with E-state index >= 15 is 0 Å². The van der Waals surface area contributed by atoms with E-state index in [1.54, 1.807) is 0 Å². The molecule has 0 unspecified atom stereocenters. The van der Waals surface area contributed by atoms with Gasteiger partial charge in [-0.05, 0) is 46.5 Å². The van der Waals surface area contributed by atoms with Crippen LogP contribution in [0.1, 0.15) is 72.6 Å². The Balaban J connectivity index is 2.13. The Bertz CT molecular complexity index is 284. The monoisotopic (exact) mass is 304 g/mol. The Hall–Kier alpha value is 0.170. The van der Waals surface area contributed by atoms with E-state index in [0.29, 0.717) is 11.2 Å². The first-order valence-corrected chi connectivity index (χ1v) is 9.71. The van der Waals surface area contributed by atoms with Gasteiger partial charge in [0.2, 0.25) is 0 Å². The number of hydrogen-bond donors (Lipinski definition) is 0. The van der Waals surface area contributed by atoms with Gasteiger partial charge in [-0.15, -0.1) is 0 Å². The lowest BCUT2D eigenvalue weighted by Gasteiger charge is -2.25. The molecule has 0 spiro atoms. The van der Waals surface area contributed by atoms with E-state index in [2.05, 4.69) is 13.8 Å². The van der Waals surface area contributed by atoms with Gasteiger partial charge in [-0.25, -0.2) is 0 Å². The highest BCUT2D eigenvalue weighted by molar-refractivity contribution is 8.77. The first-order chi connectivity index (χ1) is 8.87. The molecule has 1 fully saturated rings. The maximum atomic E-state index is 11.8. The van der Waals surface area contributed by atoms with Crippen LogP contribution < -0.4 is 0 Å². The minimum absolute atomic E-state index is 0.0305. The first-order valence-electron chi connectivity index (χ1n) is 7.39. The lowest BCUT2D eigenvalue weighted by Crippen LogP contribution is -2.27. The van der Waals surface area contributed by atoms with Crippen LogP contribution in [-0.4, -0.2) is 22.1 Å². The highest BCUT2D eigenvalue weighted by atomic mass is 33.1. The summed E-state index contributed by atoms with van der Waals surface area (Å²) in [7, 11) is 4.00. The molecule has 0 aliphatic carbocycles. The number of carbonyl (C=O) groups excluding carboxylic acids is 1. The topological polar surface area (TPSA) is 26.3 Å². The van der Waals surface area contributed by atoms with Crippen molar-refractivity contribution in [2.24, 2.45) is 0 Å². The molecule has 0 aromatic carbocycles. The third-order valence-corrected chi connectivity index (χ3v) is 6.91. The molecule has 19 heavy (non-hydrogen) atoms. The van der Waals surface area contributed by atoms with Gasteiger partial charge in [0.05, 0.1) is 0 Å². The summed E-state index contributed by atoms with van der Waals surface area (Å²) in [4.78, 5) is 11.8. The number of carbonyl (C=O) groups is 1. The maximum Gasteiger partial charge on any atom is 0.306 e. The summed E-state index contributed by atoms with van der Waals surface area (Å²) in [6.45, 7) is 8.47. The van der Waals surface area contributed by atoms with Crippen LogP contribution in [0, 0.1) is 0 Å². The quantitative estimate of drug-likeness (QED) is 0.349. The van der Waals surface area contributed by atoms with Gasteiger partial charge in [0.1, 0.15) is 5.60 Å². The van der Waals surface area contributed by atoms with Crippen LogP contribution in [0.25, 0.3) is 0 Å². The number of ether oxygens (including phenoxy) is 1. The number of esters is 1. The van der Waals surface area contributed by atoms with Crippen molar-refractivity contribution in [1.29, 1.82) is 0 Å². The van der Waals surface area contributed by atoms with Crippen LogP contribution in [0.15, 0.2) is 0 Å². The normalized spacial score (nSPS) is 23.6. The molecule has 1 aliphatic heterocycles. The molecule has 1 saturated heterocycles. The molecule has 4 heteroatoms. The largest absolute Gasteiger partial charge is 0.460 e. The second kappa shape index (κ2) is 7.82. The van der Waals surface area contributed by atoms with Gasteiger partial charge in [0.15, 0.2) is 0 Å². The minimum Gasteiger partial charge on any atom is -0.460 e. The fraction of sp³-hybridized carbons (Fsp3) is 0.933. The molecule has 1 atom stereocenters. The van der Waals surface area contributed by atoms with Crippen LogP contribution in [-0.2, 0) is 9.53 Å². The van der Waals surface area contributed by atoms with Gasteiger partial charge < -0.3 is 4.74 Å². The molecule has 0 aromatic heterocycles. The molecule has 1 aliphatic rings. The van der Waals surface area contributed by atoms with Crippen LogP contribution in [0.4, 0.5) is 0 Å². The van der Waals surface area contributed by atoms with Crippen molar-refractivity contribution in [3.63, 3.8) is 0 Å². The third-order valence-electron chi connectivity index (χ3n) is 3.55. The van der Waals surface area contributed by atoms with E-state index in [4.69, 9.17) is 4.74 Å². The van der Waals surface area contributed by atoms with Crippen molar-refractivity contribution in [3.8, 4) is 0 Å². The van der Waals surface area contributed by atoms with Crippen LogP contribution in [0.3, 0.4) is 0 Å². The standard InChI is InChI=1S/C15H28O2S2/c1-5-9-14(2,3)17-13(16)8-6-7-10-15(4)11-12-18-19-15/h5-12H2,1-4H3/t15-/m1/s1. The summed E-state index contributed by atoms with van der Waals surface area (Å²) in [5.41, 5.74) is -0.296. The highest BCUT2D eigenvalue weighted by Gasteiger charge is 2.29. The van der Waals surface area contributed by atoms with E-state index < -0.39 is 0 Å². The molecule has 1 heterocycles. The predicted octanol–water partition coefficient (Wildman–Crippen LogP) is 5.21. The zero-order valence-corrected chi connectivity index (χ0v) is 14.4. The predicted molar refractivity (Wildman–Crippen MR) is 86.6 cm³/mol. The van der Waals surface area contributed by atoms with Gasteiger partial charge in [-0.3, -0.25) is 4.79 Å². The van der Waals surface area contributed by atoms with Crippen LogP contribution >= 0.6 is 21.6 Å². The average Bonchev–Trinajstić information content (AvgIpc) is 2.71. The molecule has 0 N–H and O–H groups in total. The smallest absolute Gasteiger partial charge is 0.306 e. The van der Waals surface area contributed by atoms with E-state index in [1.807, 2.05) is 35.4 Å². The van der Waals surface area contributed by atoms with Crippen molar-refractivity contribution in [3.05, 3.63) is 0 Å². The summed E-state index contributed by atoms with van der Waals surface area (Å²) in [5, 5.41) is 0. The molecule has 1 rings (SSSR count). The molecular weight excluding hydrogens is 276 g/mol. The van der Waals surface area contributed by atoms with Crippen molar-refractivity contribution >= 4 is 27.6 Å². The number of rotatable bonds is 8. The zero-order chi connectivity index (χ0) is 14.4. The molecule has 0 bridgehead atoms. The van der Waals surface area contributed by atoms with Crippen molar-refractivity contribution in [2.75, 3.05) is 5.75 Å². The second-order valence-electron chi connectivity index (χ2n) is 6.30. The molecule has 0 amide bonds.